The highest BCUT2D eigenvalue weighted by atomic mass is 32.2. The average molecular weight is 314 g/mol. The van der Waals surface area contributed by atoms with E-state index in [1.165, 1.54) is 11.8 Å². The van der Waals surface area contributed by atoms with Gasteiger partial charge < -0.3 is 10.2 Å². The summed E-state index contributed by atoms with van der Waals surface area (Å²) < 4.78 is 0. The van der Waals surface area contributed by atoms with Gasteiger partial charge in [-0.15, -0.1) is 0 Å². The first kappa shape index (κ1) is 14.7. The van der Waals surface area contributed by atoms with Gasteiger partial charge in [-0.3, -0.25) is 4.79 Å². The minimum atomic E-state index is -0.956. The molecule has 4 nitrogen and oxygen atoms in total. The molecule has 0 aliphatic carbocycles. The molecule has 112 valence electrons. The summed E-state index contributed by atoms with van der Waals surface area (Å²) in [5.74, 6) is -1.88. The molecule has 2 aromatic rings. The second-order valence-corrected chi connectivity index (χ2v) is 6.35. The van der Waals surface area contributed by atoms with Crippen LogP contribution >= 0.6 is 11.8 Å². The molecule has 5 heteroatoms. The lowest BCUT2D eigenvalue weighted by atomic mass is 9.89. The summed E-state index contributed by atoms with van der Waals surface area (Å²) in [5.41, 5.74) is 2.26. The molecule has 0 saturated heterocycles. The van der Waals surface area contributed by atoms with E-state index in [0.29, 0.717) is 6.42 Å². The maximum Gasteiger partial charge on any atom is 0.335 e. The predicted octanol–water partition coefficient (Wildman–Crippen LogP) is 3.65. The lowest BCUT2D eigenvalue weighted by molar-refractivity contribution is -0.137. The second kappa shape index (κ2) is 5.85. The Hall–Kier alpha value is -2.27. The topological polar surface area (TPSA) is 74.6 Å². The van der Waals surface area contributed by atoms with Crippen LogP contribution in [0.25, 0.3) is 0 Å². The first-order valence-corrected chi connectivity index (χ1v) is 7.71. The first-order chi connectivity index (χ1) is 10.5. The minimum absolute atomic E-state index is 0.0672. The standard InChI is InChI=1S/C17H14O4S/c18-16(19)9-12-7-10-5-6-11(17(20)21)8-15(10)22-14-4-2-1-3-13(12)14/h1-6,8,12H,7,9H2,(H,18,19)(H,20,21). The van der Waals surface area contributed by atoms with E-state index >= 15 is 0 Å². The van der Waals surface area contributed by atoms with Gasteiger partial charge in [0.05, 0.1) is 12.0 Å². The molecule has 0 radical (unpaired) electrons. The number of carboxylic acids is 2. The van der Waals surface area contributed by atoms with E-state index in [1.807, 2.05) is 24.3 Å². The summed E-state index contributed by atoms with van der Waals surface area (Å²) in [6, 6.07) is 12.8. The third kappa shape index (κ3) is 2.85. The van der Waals surface area contributed by atoms with Crippen LogP contribution in [0.4, 0.5) is 0 Å². The van der Waals surface area contributed by atoms with Crippen molar-refractivity contribution in [3.05, 3.63) is 59.2 Å². The molecule has 1 aliphatic heterocycles. The lowest BCUT2D eigenvalue weighted by Crippen LogP contribution is -2.09. The number of benzene rings is 2. The molecular formula is C17H14O4S. The SMILES string of the molecule is O=C(O)CC1Cc2ccc(C(=O)O)cc2Sc2ccccc21. The Morgan fingerprint density at radius 2 is 1.86 bits per heavy atom. The molecule has 0 fully saturated rings. The fraction of sp³-hybridized carbons (Fsp3) is 0.176. The van der Waals surface area contributed by atoms with Crippen LogP contribution in [-0.4, -0.2) is 22.2 Å². The fourth-order valence-electron chi connectivity index (χ4n) is 2.75. The van der Waals surface area contributed by atoms with E-state index in [1.54, 1.807) is 18.2 Å². The molecule has 1 aliphatic rings. The Labute approximate surface area is 131 Å². The van der Waals surface area contributed by atoms with E-state index in [-0.39, 0.29) is 17.9 Å². The monoisotopic (exact) mass is 314 g/mol. The summed E-state index contributed by atoms with van der Waals surface area (Å²) in [4.78, 5) is 24.2. The summed E-state index contributed by atoms with van der Waals surface area (Å²) >= 11 is 1.51. The lowest BCUT2D eigenvalue weighted by Gasteiger charge is -2.15. The number of hydrogen-bond acceptors (Lipinski definition) is 3. The molecule has 1 atom stereocenters. The van der Waals surface area contributed by atoms with Gasteiger partial charge in [-0.05, 0) is 41.7 Å². The Bertz CT molecular complexity index is 754. The maximum atomic E-state index is 11.2. The average Bonchev–Trinajstić information content (AvgIpc) is 2.62. The Kier molecular flexibility index (Phi) is 3.90. The van der Waals surface area contributed by atoms with Crippen molar-refractivity contribution in [1.82, 2.24) is 0 Å². The van der Waals surface area contributed by atoms with E-state index in [4.69, 9.17) is 10.2 Å². The highest BCUT2D eigenvalue weighted by Gasteiger charge is 2.25. The molecule has 0 bridgehead atoms. The van der Waals surface area contributed by atoms with Gasteiger partial charge in [0.15, 0.2) is 0 Å². The largest absolute Gasteiger partial charge is 0.481 e. The van der Waals surface area contributed by atoms with E-state index in [2.05, 4.69) is 0 Å². The zero-order valence-corrected chi connectivity index (χ0v) is 12.5. The van der Waals surface area contributed by atoms with Gasteiger partial charge in [0, 0.05) is 9.79 Å². The van der Waals surface area contributed by atoms with Gasteiger partial charge in [-0.25, -0.2) is 4.79 Å². The van der Waals surface area contributed by atoms with Gasteiger partial charge in [-0.1, -0.05) is 36.0 Å². The van der Waals surface area contributed by atoms with Gasteiger partial charge in [0.25, 0.3) is 0 Å². The quantitative estimate of drug-likeness (QED) is 0.904. The number of fused-ring (bicyclic) bond motifs is 2. The fourth-order valence-corrected chi connectivity index (χ4v) is 3.95. The van der Waals surface area contributed by atoms with E-state index in [9.17, 15) is 9.59 Å². The summed E-state index contributed by atoms with van der Waals surface area (Å²) in [5, 5.41) is 18.3. The first-order valence-electron chi connectivity index (χ1n) is 6.89. The highest BCUT2D eigenvalue weighted by molar-refractivity contribution is 7.99. The van der Waals surface area contributed by atoms with Gasteiger partial charge in [-0.2, -0.15) is 0 Å². The van der Waals surface area contributed by atoms with Crippen molar-refractivity contribution in [2.75, 3.05) is 0 Å². The summed E-state index contributed by atoms with van der Waals surface area (Å²) in [7, 11) is 0. The molecule has 0 spiro atoms. The van der Waals surface area contributed by atoms with Crippen molar-refractivity contribution >= 4 is 23.7 Å². The Balaban J connectivity index is 2.08. The highest BCUT2D eigenvalue weighted by Crippen LogP contribution is 2.42. The van der Waals surface area contributed by atoms with Crippen molar-refractivity contribution in [3.63, 3.8) is 0 Å². The van der Waals surface area contributed by atoms with Crippen LogP contribution in [0.3, 0.4) is 0 Å². The molecular weight excluding hydrogens is 300 g/mol. The second-order valence-electron chi connectivity index (χ2n) is 5.27. The molecule has 22 heavy (non-hydrogen) atoms. The molecule has 0 amide bonds. The van der Waals surface area contributed by atoms with Gasteiger partial charge in [0.1, 0.15) is 0 Å². The van der Waals surface area contributed by atoms with Crippen LogP contribution in [0, 0.1) is 0 Å². The molecule has 2 aromatic carbocycles. The predicted molar refractivity (Wildman–Crippen MR) is 82.7 cm³/mol. The minimum Gasteiger partial charge on any atom is -0.481 e. The molecule has 3 rings (SSSR count). The van der Waals surface area contributed by atoms with Crippen molar-refractivity contribution in [1.29, 1.82) is 0 Å². The normalized spacial score (nSPS) is 16.3. The van der Waals surface area contributed by atoms with E-state index < -0.39 is 11.9 Å². The van der Waals surface area contributed by atoms with Crippen LogP contribution < -0.4 is 0 Å². The van der Waals surface area contributed by atoms with Crippen LogP contribution in [0.2, 0.25) is 0 Å². The third-order valence-corrected chi connectivity index (χ3v) is 4.97. The van der Waals surface area contributed by atoms with Crippen molar-refractivity contribution in [2.24, 2.45) is 0 Å². The van der Waals surface area contributed by atoms with Crippen molar-refractivity contribution in [3.8, 4) is 0 Å². The number of carboxylic acid groups (broad SMARTS) is 2. The molecule has 1 unspecified atom stereocenters. The van der Waals surface area contributed by atoms with Crippen LogP contribution in [0.5, 0.6) is 0 Å². The zero-order valence-electron chi connectivity index (χ0n) is 11.7. The Morgan fingerprint density at radius 1 is 1.09 bits per heavy atom. The number of hydrogen-bond donors (Lipinski definition) is 2. The molecule has 0 saturated carbocycles. The number of aromatic carboxylic acids is 1. The van der Waals surface area contributed by atoms with Crippen molar-refractivity contribution in [2.45, 2.75) is 28.6 Å². The van der Waals surface area contributed by atoms with Crippen LogP contribution in [0.15, 0.2) is 52.3 Å². The molecule has 0 aromatic heterocycles. The number of rotatable bonds is 3. The van der Waals surface area contributed by atoms with Crippen LogP contribution in [0.1, 0.15) is 33.8 Å². The number of carbonyl (C=O) groups is 2. The maximum absolute atomic E-state index is 11.2. The number of aliphatic carboxylic acids is 1. The Morgan fingerprint density at radius 3 is 2.59 bits per heavy atom. The summed E-state index contributed by atoms with van der Waals surface area (Å²) in [6.07, 6.45) is 0.670. The third-order valence-electron chi connectivity index (χ3n) is 3.78. The van der Waals surface area contributed by atoms with Gasteiger partial charge >= 0.3 is 11.9 Å². The van der Waals surface area contributed by atoms with Gasteiger partial charge in [0.2, 0.25) is 0 Å². The molecule has 1 heterocycles. The molecule has 2 N–H and O–H groups in total. The van der Waals surface area contributed by atoms with Crippen molar-refractivity contribution < 1.29 is 19.8 Å². The summed E-state index contributed by atoms with van der Waals surface area (Å²) in [6.45, 7) is 0. The smallest absolute Gasteiger partial charge is 0.335 e. The van der Waals surface area contributed by atoms with Crippen LogP contribution in [-0.2, 0) is 11.2 Å². The van der Waals surface area contributed by atoms with E-state index in [0.717, 1.165) is 20.9 Å². The zero-order chi connectivity index (χ0) is 15.7.